The van der Waals surface area contributed by atoms with Gasteiger partial charge in [-0.2, -0.15) is 0 Å². The minimum absolute atomic E-state index is 0.0305. The second-order valence-electron chi connectivity index (χ2n) is 11.4. The Kier molecular flexibility index (Phi) is 8.26. The van der Waals surface area contributed by atoms with E-state index in [0.29, 0.717) is 13.2 Å². The normalized spacial score (nSPS) is 19.9. The number of carbonyl (C=O) groups excluding carboxylic acids is 1. The van der Waals surface area contributed by atoms with E-state index in [1.165, 1.54) is 15.9 Å². The number of allylic oxidation sites excluding steroid dienone is 2. The number of rotatable bonds is 8. The zero-order valence-electron chi connectivity index (χ0n) is 22.8. The molecule has 202 valence electrons. The Morgan fingerprint density at radius 3 is 2.03 bits per heavy atom. The zero-order valence-corrected chi connectivity index (χ0v) is 25.4. The van der Waals surface area contributed by atoms with Crippen LogP contribution in [-0.2, 0) is 15.6 Å². The summed E-state index contributed by atoms with van der Waals surface area (Å²) in [6.07, 6.45) is 5.51. The quantitative estimate of drug-likeness (QED) is 0.266. The SMILES string of the molecule is CC(C)(C)[Si](OC[C@@H]1C=CC(N2C(=O)OC[C@H]2Cc2ccccc2)=C(Br)C1)(c1ccccc1)c1ccccc1. The van der Waals surface area contributed by atoms with Crippen LogP contribution in [0, 0.1) is 5.92 Å². The molecule has 4 nitrogen and oxygen atoms in total. The van der Waals surface area contributed by atoms with E-state index in [4.69, 9.17) is 9.16 Å². The van der Waals surface area contributed by atoms with Crippen molar-refractivity contribution in [1.82, 2.24) is 4.90 Å². The van der Waals surface area contributed by atoms with E-state index in [1.807, 2.05) is 23.1 Å². The molecule has 1 aliphatic carbocycles. The molecule has 1 amide bonds. The fourth-order valence-electron chi connectivity index (χ4n) is 5.83. The van der Waals surface area contributed by atoms with Crippen molar-refractivity contribution >= 4 is 40.7 Å². The van der Waals surface area contributed by atoms with Crippen molar-refractivity contribution in [2.75, 3.05) is 13.2 Å². The number of hydrogen-bond donors (Lipinski definition) is 0. The number of amides is 1. The van der Waals surface area contributed by atoms with Gasteiger partial charge in [-0.15, -0.1) is 0 Å². The molecule has 5 rings (SSSR count). The number of nitrogens with zero attached hydrogens (tertiary/aromatic N) is 1. The van der Waals surface area contributed by atoms with Gasteiger partial charge in [0, 0.05) is 17.0 Å². The van der Waals surface area contributed by atoms with Crippen molar-refractivity contribution in [2.24, 2.45) is 5.92 Å². The van der Waals surface area contributed by atoms with Crippen molar-refractivity contribution in [3.63, 3.8) is 0 Å². The van der Waals surface area contributed by atoms with E-state index in [-0.39, 0.29) is 23.1 Å². The molecular weight excluding hydrogens is 566 g/mol. The van der Waals surface area contributed by atoms with Crippen molar-refractivity contribution in [1.29, 1.82) is 0 Å². The first-order valence-corrected chi connectivity index (χ1v) is 16.3. The molecule has 0 unspecified atom stereocenters. The average Bonchev–Trinajstić information content (AvgIpc) is 3.29. The molecule has 1 heterocycles. The molecule has 3 aromatic rings. The van der Waals surface area contributed by atoms with Crippen LogP contribution in [0.25, 0.3) is 0 Å². The summed E-state index contributed by atoms with van der Waals surface area (Å²) < 4.78 is 13.7. The predicted octanol–water partition coefficient (Wildman–Crippen LogP) is 6.81. The van der Waals surface area contributed by atoms with Gasteiger partial charge in [0.25, 0.3) is 8.32 Å². The summed E-state index contributed by atoms with van der Waals surface area (Å²) in [6, 6.07) is 31.7. The van der Waals surface area contributed by atoms with E-state index < -0.39 is 8.32 Å². The van der Waals surface area contributed by atoms with Gasteiger partial charge in [-0.05, 0) is 39.9 Å². The molecule has 6 heteroatoms. The highest BCUT2D eigenvalue weighted by Crippen LogP contribution is 2.39. The monoisotopic (exact) mass is 601 g/mol. The summed E-state index contributed by atoms with van der Waals surface area (Å²) in [5, 5.41) is 2.49. The lowest BCUT2D eigenvalue weighted by molar-refractivity contribution is 0.164. The maximum absolute atomic E-state index is 12.8. The third-order valence-electron chi connectivity index (χ3n) is 7.71. The lowest BCUT2D eigenvalue weighted by atomic mass is 9.98. The molecule has 2 atom stereocenters. The van der Waals surface area contributed by atoms with Gasteiger partial charge >= 0.3 is 6.09 Å². The van der Waals surface area contributed by atoms with E-state index in [9.17, 15) is 4.79 Å². The van der Waals surface area contributed by atoms with Gasteiger partial charge in [-0.25, -0.2) is 4.79 Å². The third-order valence-corrected chi connectivity index (χ3v) is 13.4. The summed E-state index contributed by atoms with van der Waals surface area (Å²) in [5.41, 5.74) is 2.08. The summed E-state index contributed by atoms with van der Waals surface area (Å²) in [5.74, 6) is 0.191. The lowest BCUT2D eigenvalue weighted by Crippen LogP contribution is -2.66. The summed E-state index contributed by atoms with van der Waals surface area (Å²) in [6.45, 7) is 7.90. The van der Waals surface area contributed by atoms with Crippen LogP contribution in [0.4, 0.5) is 4.79 Å². The average molecular weight is 603 g/mol. The first kappa shape index (κ1) is 27.6. The number of cyclic esters (lactones) is 1. The minimum Gasteiger partial charge on any atom is -0.447 e. The van der Waals surface area contributed by atoms with Gasteiger partial charge in [-0.3, -0.25) is 4.90 Å². The molecule has 1 fully saturated rings. The van der Waals surface area contributed by atoms with E-state index >= 15 is 0 Å². The van der Waals surface area contributed by atoms with Crippen LogP contribution in [0.5, 0.6) is 0 Å². The molecule has 0 aromatic heterocycles. The topological polar surface area (TPSA) is 38.8 Å². The highest BCUT2D eigenvalue weighted by atomic mass is 79.9. The molecular formula is C33H36BrNO3Si. The fraction of sp³-hybridized carbons (Fsp3) is 0.303. The van der Waals surface area contributed by atoms with Crippen LogP contribution in [-0.4, -0.2) is 38.6 Å². The zero-order chi connectivity index (χ0) is 27.5. The molecule has 0 spiro atoms. The highest BCUT2D eigenvalue weighted by molar-refractivity contribution is 9.11. The van der Waals surface area contributed by atoms with Gasteiger partial charge in [-0.1, -0.05) is 134 Å². The molecule has 0 bridgehead atoms. The van der Waals surface area contributed by atoms with Crippen LogP contribution < -0.4 is 10.4 Å². The van der Waals surface area contributed by atoms with E-state index in [0.717, 1.165) is 23.0 Å². The van der Waals surface area contributed by atoms with Gasteiger partial charge in [0.1, 0.15) is 6.61 Å². The minimum atomic E-state index is -2.61. The Balaban J connectivity index is 1.37. The Hall–Kier alpha value is -2.93. The third kappa shape index (κ3) is 5.69. The van der Waals surface area contributed by atoms with Gasteiger partial charge < -0.3 is 9.16 Å². The summed E-state index contributed by atoms with van der Waals surface area (Å²) >= 11 is 3.83. The Morgan fingerprint density at radius 2 is 1.49 bits per heavy atom. The van der Waals surface area contributed by atoms with Gasteiger partial charge in [0.2, 0.25) is 0 Å². The van der Waals surface area contributed by atoms with Crippen LogP contribution >= 0.6 is 15.9 Å². The summed E-state index contributed by atoms with van der Waals surface area (Å²) in [7, 11) is -2.61. The van der Waals surface area contributed by atoms with Gasteiger partial charge in [0.15, 0.2) is 0 Å². The van der Waals surface area contributed by atoms with Crippen molar-refractivity contribution in [3.8, 4) is 0 Å². The second-order valence-corrected chi connectivity index (χ2v) is 16.6. The molecule has 0 radical (unpaired) electrons. The number of hydrogen-bond acceptors (Lipinski definition) is 3. The van der Waals surface area contributed by atoms with Crippen molar-refractivity contribution in [3.05, 3.63) is 119 Å². The number of halogens is 1. The Bertz CT molecular complexity index is 1300. The molecule has 0 N–H and O–H groups in total. The summed E-state index contributed by atoms with van der Waals surface area (Å²) in [4.78, 5) is 14.6. The smallest absolute Gasteiger partial charge is 0.414 e. The van der Waals surface area contributed by atoms with Crippen molar-refractivity contribution in [2.45, 2.75) is 44.7 Å². The van der Waals surface area contributed by atoms with Crippen molar-refractivity contribution < 1.29 is 14.0 Å². The molecule has 3 aromatic carbocycles. The molecule has 1 saturated heterocycles. The number of benzene rings is 3. The van der Waals surface area contributed by atoms with Crippen LogP contribution in [0.1, 0.15) is 32.8 Å². The Morgan fingerprint density at radius 1 is 0.923 bits per heavy atom. The first-order valence-electron chi connectivity index (χ1n) is 13.6. The fourth-order valence-corrected chi connectivity index (χ4v) is 11.2. The maximum atomic E-state index is 12.8. The van der Waals surface area contributed by atoms with E-state index in [1.54, 1.807) is 0 Å². The molecule has 0 saturated carbocycles. The van der Waals surface area contributed by atoms with Crippen LogP contribution in [0.15, 0.2) is 113 Å². The first-order chi connectivity index (χ1) is 18.8. The Labute approximate surface area is 241 Å². The number of carbonyl (C=O) groups is 1. The lowest BCUT2D eigenvalue weighted by Gasteiger charge is -2.43. The van der Waals surface area contributed by atoms with Crippen LogP contribution in [0.2, 0.25) is 5.04 Å². The molecule has 39 heavy (non-hydrogen) atoms. The second kappa shape index (κ2) is 11.7. The van der Waals surface area contributed by atoms with E-state index in [2.05, 4.69) is 122 Å². The number of ether oxygens (including phenoxy) is 1. The molecule has 2 aliphatic rings. The maximum Gasteiger partial charge on any atom is 0.414 e. The largest absolute Gasteiger partial charge is 0.447 e. The predicted molar refractivity (Wildman–Crippen MR) is 164 cm³/mol. The molecule has 1 aliphatic heterocycles. The van der Waals surface area contributed by atoms with Crippen LogP contribution in [0.3, 0.4) is 0 Å². The van der Waals surface area contributed by atoms with Gasteiger partial charge in [0.05, 0.1) is 11.7 Å². The standard InChI is InChI=1S/C33H36BrNO3Si/c1-33(2,3)39(28-15-9-5-10-16-28,29-17-11-6-12-18-29)38-23-26-19-20-31(30(34)22-26)35-27(24-37-32(35)36)21-25-13-7-4-8-14-25/h4-20,26-27H,21-24H2,1-3H3/t26-,27-/m1/s1. The highest BCUT2D eigenvalue weighted by Gasteiger charge is 2.50.